The summed E-state index contributed by atoms with van der Waals surface area (Å²) in [5, 5.41) is 6.16. The molecule has 2 heterocycles. The number of rotatable bonds is 3. The number of benzene rings is 1. The van der Waals surface area contributed by atoms with Gasteiger partial charge in [-0.15, -0.1) is 0 Å². The summed E-state index contributed by atoms with van der Waals surface area (Å²) in [5.74, 6) is -0.0732. The third-order valence-corrected chi connectivity index (χ3v) is 6.36. The second-order valence-electron chi connectivity index (χ2n) is 7.97. The van der Waals surface area contributed by atoms with Crippen LogP contribution >= 0.6 is 0 Å². The Balaban J connectivity index is 1.27. The number of hydrogen-bond acceptors (Lipinski definition) is 3. The van der Waals surface area contributed by atoms with Gasteiger partial charge in [0.25, 0.3) is 0 Å². The Kier molecular flexibility index (Phi) is 4.69. The van der Waals surface area contributed by atoms with Crippen LogP contribution in [0.25, 0.3) is 0 Å². The summed E-state index contributed by atoms with van der Waals surface area (Å²) in [6, 6.07) is 5.94. The Morgan fingerprint density at radius 2 is 1.92 bits per heavy atom. The molecule has 140 valence electrons. The van der Waals surface area contributed by atoms with Crippen LogP contribution in [0.5, 0.6) is 0 Å². The van der Waals surface area contributed by atoms with Crippen LogP contribution in [0.1, 0.15) is 32.1 Å². The van der Waals surface area contributed by atoms with E-state index in [4.69, 9.17) is 0 Å². The molecule has 1 spiro atoms. The van der Waals surface area contributed by atoms with Gasteiger partial charge in [0.2, 0.25) is 11.8 Å². The van der Waals surface area contributed by atoms with Crippen LogP contribution in [0, 0.1) is 23.1 Å². The average molecular weight is 359 g/mol. The van der Waals surface area contributed by atoms with E-state index in [9.17, 15) is 14.0 Å². The molecule has 1 saturated carbocycles. The van der Waals surface area contributed by atoms with Gasteiger partial charge in [-0.2, -0.15) is 0 Å². The number of nitrogens with one attached hydrogen (secondary N) is 2. The Morgan fingerprint density at radius 1 is 1.19 bits per heavy atom. The molecule has 2 saturated heterocycles. The quantitative estimate of drug-likeness (QED) is 0.871. The van der Waals surface area contributed by atoms with E-state index in [1.54, 1.807) is 12.1 Å². The average Bonchev–Trinajstić information content (AvgIpc) is 3.34. The Bertz CT molecular complexity index is 694. The molecule has 0 bridgehead atoms. The van der Waals surface area contributed by atoms with Gasteiger partial charge >= 0.3 is 0 Å². The molecule has 0 aromatic heterocycles. The smallest absolute Gasteiger partial charge is 0.227 e. The second-order valence-corrected chi connectivity index (χ2v) is 7.97. The molecule has 4 rings (SSSR count). The summed E-state index contributed by atoms with van der Waals surface area (Å²) in [5.41, 5.74) is 0.743. The zero-order chi connectivity index (χ0) is 18.1. The molecule has 1 atom stereocenters. The third kappa shape index (κ3) is 3.47. The highest BCUT2D eigenvalue weighted by atomic mass is 19.1. The normalized spacial score (nSPS) is 25.1. The Hall–Kier alpha value is -1.95. The first kappa shape index (κ1) is 17.5. The van der Waals surface area contributed by atoms with Crippen LogP contribution < -0.4 is 10.6 Å². The molecule has 1 aromatic carbocycles. The number of likely N-dealkylation sites (tertiary alicyclic amines) is 1. The highest BCUT2D eigenvalue weighted by Gasteiger charge is 2.58. The van der Waals surface area contributed by atoms with E-state index in [0.29, 0.717) is 31.6 Å². The highest BCUT2D eigenvalue weighted by Crippen LogP contribution is 2.59. The summed E-state index contributed by atoms with van der Waals surface area (Å²) in [6.07, 6.45) is 4.60. The van der Waals surface area contributed by atoms with Crippen molar-refractivity contribution in [1.82, 2.24) is 10.2 Å². The highest BCUT2D eigenvalue weighted by molar-refractivity contribution is 5.92. The van der Waals surface area contributed by atoms with Gasteiger partial charge in [0.1, 0.15) is 5.82 Å². The number of carbonyl (C=O) groups excluding carboxylic acids is 2. The van der Waals surface area contributed by atoms with E-state index in [1.807, 2.05) is 4.90 Å². The minimum atomic E-state index is -0.362. The van der Waals surface area contributed by atoms with Gasteiger partial charge in [-0.05, 0) is 68.8 Å². The summed E-state index contributed by atoms with van der Waals surface area (Å²) in [4.78, 5) is 27.2. The maximum Gasteiger partial charge on any atom is 0.227 e. The van der Waals surface area contributed by atoms with E-state index in [1.165, 1.54) is 12.1 Å². The lowest BCUT2D eigenvalue weighted by Gasteiger charge is -2.32. The summed E-state index contributed by atoms with van der Waals surface area (Å²) in [6.45, 7) is 3.33. The number of nitrogens with zero attached hydrogens (tertiary/aromatic N) is 1. The fourth-order valence-electron chi connectivity index (χ4n) is 4.57. The van der Waals surface area contributed by atoms with Crippen LogP contribution in [0.3, 0.4) is 0 Å². The molecule has 1 aromatic rings. The van der Waals surface area contributed by atoms with Crippen molar-refractivity contribution in [3.05, 3.63) is 30.1 Å². The van der Waals surface area contributed by atoms with E-state index < -0.39 is 0 Å². The molecule has 3 aliphatic rings. The van der Waals surface area contributed by atoms with Gasteiger partial charge in [-0.3, -0.25) is 9.59 Å². The topological polar surface area (TPSA) is 61.4 Å². The molecular formula is C20H26FN3O2. The van der Waals surface area contributed by atoms with E-state index in [0.717, 1.165) is 32.4 Å². The molecule has 6 heteroatoms. The van der Waals surface area contributed by atoms with Gasteiger partial charge < -0.3 is 15.5 Å². The Labute approximate surface area is 153 Å². The second kappa shape index (κ2) is 6.99. The van der Waals surface area contributed by atoms with Crippen LogP contribution in [0.4, 0.5) is 10.1 Å². The number of hydrogen-bond donors (Lipinski definition) is 2. The number of amides is 2. The number of piperidine rings is 2. The van der Waals surface area contributed by atoms with Crippen molar-refractivity contribution in [3.63, 3.8) is 0 Å². The largest absolute Gasteiger partial charge is 0.342 e. The van der Waals surface area contributed by atoms with Gasteiger partial charge in [0.15, 0.2) is 0 Å². The molecule has 1 unspecified atom stereocenters. The van der Waals surface area contributed by atoms with Crippen molar-refractivity contribution in [2.45, 2.75) is 32.1 Å². The summed E-state index contributed by atoms with van der Waals surface area (Å²) >= 11 is 0. The maximum absolute atomic E-state index is 13.2. The molecule has 5 nitrogen and oxygen atoms in total. The van der Waals surface area contributed by atoms with Gasteiger partial charge in [0, 0.05) is 30.6 Å². The minimum Gasteiger partial charge on any atom is -0.342 e. The van der Waals surface area contributed by atoms with Crippen LogP contribution in [0.15, 0.2) is 24.3 Å². The first-order valence-electron chi connectivity index (χ1n) is 9.63. The van der Waals surface area contributed by atoms with Crippen molar-refractivity contribution in [2.24, 2.45) is 17.3 Å². The van der Waals surface area contributed by atoms with E-state index in [2.05, 4.69) is 10.6 Å². The number of carbonyl (C=O) groups is 2. The molecule has 1 aliphatic carbocycles. The maximum atomic E-state index is 13.2. The fourth-order valence-corrected chi connectivity index (χ4v) is 4.57. The van der Waals surface area contributed by atoms with Crippen molar-refractivity contribution >= 4 is 17.5 Å². The number of anilines is 1. The van der Waals surface area contributed by atoms with E-state index in [-0.39, 0.29) is 34.9 Å². The van der Waals surface area contributed by atoms with Crippen molar-refractivity contribution < 1.29 is 14.0 Å². The van der Waals surface area contributed by atoms with E-state index >= 15 is 0 Å². The molecule has 2 amide bonds. The summed E-state index contributed by atoms with van der Waals surface area (Å²) < 4.78 is 13.2. The predicted molar refractivity (Wildman–Crippen MR) is 97.0 cm³/mol. The van der Waals surface area contributed by atoms with Gasteiger partial charge in [-0.25, -0.2) is 4.39 Å². The van der Waals surface area contributed by atoms with Crippen LogP contribution in [0.2, 0.25) is 0 Å². The summed E-state index contributed by atoms with van der Waals surface area (Å²) in [7, 11) is 0. The fraction of sp³-hybridized carbons (Fsp3) is 0.600. The lowest BCUT2D eigenvalue weighted by atomic mass is 9.90. The van der Waals surface area contributed by atoms with Crippen molar-refractivity contribution in [3.8, 4) is 0 Å². The molecule has 0 radical (unpaired) electrons. The third-order valence-electron chi connectivity index (χ3n) is 6.36. The molecule has 2 aliphatic heterocycles. The first-order chi connectivity index (χ1) is 12.6. The first-order valence-corrected chi connectivity index (χ1v) is 9.63. The molecule has 26 heavy (non-hydrogen) atoms. The predicted octanol–water partition coefficient (Wildman–Crippen LogP) is 2.39. The molecular weight excluding hydrogens is 333 g/mol. The van der Waals surface area contributed by atoms with Gasteiger partial charge in [-0.1, -0.05) is 6.07 Å². The van der Waals surface area contributed by atoms with Crippen LogP contribution in [-0.4, -0.2) is 42.9 Å². The SMILES string of the molecule is O=C(Nc1cccc(F)c1)C1CCN(C(=O)C2CC23CCNCC3)CC1. The molecule has 2 N–H and O–H groups in total. The standard InChI is InChI=1S/C20H26FN3O2/c21-15-2-1-3-16(12-15)23-18(25)14-4-10-24(11-5-14)19(26)17-13-20(17)6-8-22-9-7-20/h1-3,12,14,17,22H,4-11,13H2,(H,23,25). The molecule has 3 fully saturated rings. The van der Waals surface area contributed by atoms with Crippen molar-refractivity contribution in [2.75, 3.05) is 31.5 Å². The van der Waals surface area contributed by atoms with Crippen LogP contribution in [-0.2, 0) is 9.59 Å². The zero-order valence-electron chi connectivity index (χ0n) is 15.0. The lowest BCUT2D eigenvalue weighted by Crippen LogP contribution is -2.43. The Morgan fingerprint density at radius 3 is 2.62 bits per heavy atom. The lowest BCUT2D eigenvalue weighted by molar-refractivity contribution is -0.136. The van der Waals surface area contributed by atoms with Crippen molar-refractivity contribution in [1.29, 1.82) is 0 Å². The zero-order valence-corrected chi connectivity index (χ0v) is 15.0. The van der Waals surface area contributed by atoms with Gasteiger partial charge in [0.05, 0.1) is 0 Å². The monoisotopic (exact) mass is 359 g/mol. The number of halogens is 1. The minimum absolute atomic E-state index is 0.0797.